The van der Waals surface area contributed by atoms with Gasteiger partial charge in [0.1, 0.15) is 6.54 Å². The predicted molar refractivity (Wildman–Crippen MR) is 76.5 cm³/mol. The van der Waals surface area contributed by atoms with E-state index >= 15 is 0 Å². The second kappa shape index (κ2) is 6.65. The number of carboxylic acid groups (broad SMARTS) is 1. The molecule has 2 N–H and O–H groups in total. The number of rotatable bonds is 3. The van der Waals surface area contributed by atoms with Crippen LogP contribution in [0.5, 0.6) is 0 Å². The fourth-order valence-corrected chi connectivity index (χ4v) is 2.74. The molecule has 0 aliphatic rings. The van der Waals surface area contributed by atoms with Gasteiger partial charge in [-0.2, -0.15) is 13.2 Å². The van der Waals surface area contributed by atoms with E-state index in [-0.39, 0.29) is 15.7 Å². The maximum Gasteiger partial charge on any atom is 0.406 e. The monoisotopic (exact) mass is 432 g/mol. The van der Waals surface area contributed by atoms with Crippen molar-refractivity contribution in [3.05, 3.63) is 26.6 Å². The van der Waals surface area contributed by atoms with E-state index in [0.29, 0.717) is 9.37 Å². The first-order valence-corrected chi connectivity index (χ1v) is 6.91. The molecule has 2 amide bonds. The Morgan fingerprint density at radius 2 is 1.90 bits per heavy atom. The SMILES string of the molecule is CN(CC(F)(F)F)C(=O)Nc1c(Br)cc(Br)cc1C(=O)O. The number of carbonyl (C=O) groups excluding carboxylic acids is 1. The van der Waals surface area contributed by atoms with Crippen LogP contribution in [0.25, 0.3) is 0 Å². The van der Waals surface area contributed by atoms with Gasteiger partial charge in [-0.15, -0.1) is 0 Å². The molecule has 0 aliphatic carbocycles. The summed E-state index contributed by atoms with van der Waals surface area (Å²) in [6, 6.07) is 1.62. The number of hydrogen-bond acceptors (Lipinski definition) is 2. The second-order valence-electron chi connectivity index (χ2n) is 4.02. The zero-order valence-corrected chi connectivity index (χ0v) is 13.6. The number of anilines is 1. The zero-order chi connectivity index (χ0) is 16.4. The summed E-state index contributed by atoms with van der Waals surface area (Å²) >= 11 is 6.14. The molecule has 0 heterocycles. The maximum absolute atomic E-state index is 12.2. The standard InChI is InChI=1S/C11H9Br2F3N2O3/c1-18(4-11(14,15)16)10(21)17-8-6(9(19)20)2-5(12)3-7(8)13/h2-3H,4H2,1H3,(H,17,21)(H,19,20). The van der Waals surface area contributed by atoms with Gasteiger partial charge in [0, 0.05) is 16.0 Å². The van der Waals surface area contributed by atoms with Crippen molar-refractivity contribution in [2.24, 2.45) is 0 Å². The van der Waals surface area contributed by atoms with Gasteiger partial charge in [0.15, 0.2) is 0 Å². The summed E-state index contributed by atoms with van der Waals surface area (Å²) in [4.78, 5) is 23.2. The van der Waals surface area contributed by atoms with Gasteiger partial charge in [-0.25, -0.2) is 9.59 Å². The summed E-state index contributed by atoms with van der Waals surface area (Å²) in [5.74, 6) is -1.33. The van der Waals surface area contributed by atoms with Crippen LogP contribution in [0.1, 0.15) is 10.4 Å². The van der Waals surface area contributed by atoms with Crippen molar-refractivity contribution in [2.45, 2.75) is 6.18 Å². The van der Waals surface area contributed by atoms with Crippen molar-refractivity contribution in [3.63, 3.8) is 0 Å². The molecule has 0 spiro atoms. The highest BCUT2D eigenvalue weighted by Crippen LogP contribution is 2.31. The summed E-state index contributed by atoms with van der Waals surface area (Å²) in [7, 11) is 0.954. The Kier molecular flexibility index (Phi) is 5.62. The maximum atomic E-state index is 12.2. The number of carboxylic acids is 1. The molecule has 0 atom stereocenters. The Hall–Kier alpha value is -1.29. The molecule has 21 heavy (non-hydrogen) atoms. The number of aromatic carboxylic acids is 1. The average Bonchev–Trinajstić information content (AvgIpc) is 2.29. The molecule has 0 unspecified atom stereocenters. The quantitative estimate of drug-likeness (QED) is 0.758. The third kappa shape index (κ3) is 5.20. The van der Waals surface area contributed by atoms with E-state index in [9.17, 15) is 22.8 Å². The van der Waals surface area contributed by atoms with E-state index in [1.54, 1.807) is 0 Å². The van der Waals surface area contributed by atoms with Crippen LogP contribution in [0, 0.1) is 0 Å². The van der Waals surface area contributed by atoms with E-state index in [1.165, 1.54) is 12.1 Å². The van der Waals surface area contributed by atoms with Gasteiger partial charge in [0.05, 0.1) is 11.3 Å². The molecule has 10 heteroatoms. The number of nitrogens with zero attached hydrogens (tertiary/aromatic N) is 1. The van der Waals surface area contributed by atoms with Crippen LogP contribution in [0.15, 0.2) is 21.1 Å². The first-order chi connectivity index (χ1) is 9.51. The molecule has 0 aliphatic heterocycles. The van der Waals surface area contributed by atoms with Crippen LogP contribution < -0.4 is 5.32 Å². The lowest BCUT2D eigenvalue weighted by atomic mass is 10.2. The third-order valence-corrected chi connectivity index (χ3v) is 3.36. The van der Waals surface area contributed by atoms with Crippen molar-refractivity contribution in [2.75, 3.05) is 18.9 Å². The number of benzene rings is 1. The average molecular weight is 434 g/mol. The molecule has 1 rings (SSSR count). The lowest BCUT2D eigenvalue weighted by Crippen LogP contribution is -2.38. The molecular formula is C11H9Br2F3N2O3. The molecule has 5 nitrogen and oxygen atoms in total. The van der Waals surface area contributed by atoms with E-state index in [1.807, 2.05) is 0 Å². The second-order valence-corrected chi connectivity index (χ2v) is 5.79. The molecule has 116 valence electrons. The molecule has 0 aromatic heterocycles. The Bertz CT molecular complexity index is 579. The van der Waals surface area contributed by atoms with Crippen LogP contribution in [0.4, 0.5) is 23.7 Å². The summed E-state index contributed by atoms with van der Waals surface area (Å²) in [5, 5.41) is 11.2. The molecule has 0 fully saturated rings. The van der Waals surface area contributed by atoms with E-state index in [2.05, 4.69) is 37.2 Å². The van der Waals surface area contributed by atoms with Gasteiger partial charge in [-0.05, 0) is 28.1 Å². The first kappa shape index (κ1) is 17.8. The molecule has 0 saturated heterocycles. The summed E-state index contributed by atoms with van der Waals surface area (Å²) in [6.45, 7) is -1.45. The van der Waals surface area contributed by atoms with Gasteiger partial charge in [0.25, 0.3) is 0 Å². The van der Waals surface area contributed by atoms with Gasteiger partial charge >= 0.3 is 18.2 Å². The van der Waals surface area contributed by atoms with E-state index in [4.69, 9.17) is 5.11 Å². The van der Waals surface area contributed by atoms with Crippen molar-refractivity contribution >= 4 is 49.5 Å². The Morgan fingerprint density at radius 3 is 2.38 bits per heavy atom. The smallest absolute Gasteiger partial charge is 0.406 e. The Labute approximate surface area is 134 Å². The van der Waals surface area contributed by atoms with Gasteiger partial charge in [-0.1, -0.05) is 15.9 Å². The molecular weight excluding hydrogens is 425 g/mol. The van der Waals surface area contributed by atoms with E-state index < -0.39 is 24.7 Å². The van der Waals surface area contributed by atoms with Crippen molar-refractivity contribution in [1.29, 1.82) is 0 Å². The first-order valence-electron chi connectivity index (χ1n) is 5.32. The summed E-state index contributed by atoms with van der Waals surface area (Å²) < 4.78 is 37.3. The minimum atomic E-state index is -4.54. The fourth-order valence-electron chi connectivity index (χ4n) is 1.41. The minimum Gasteiger partial charge on any atom is -0.478 e. The number of carbonyl (C=O) groups is 2. The fraction of sp³-hybridized carbons (Fsp3) is 0.273. The predicted octanol–water partition coefficient (Wildman–Crippen LogP) is 3.94. The van der Waals surface area contributed by atoms with Crippen molar-refractivity contribution in [1.82, 2.24) is 4.90 Å². The highest BCUT2D eigenvalue weighted by atomic mass is 79.9. The number of alkyl halides is 3. The molecule has 1 aromatic rings. The van der Waals surface area contributed by atoms with Crippen LogP contribution in [0.3, 0.4) is 0 Å². The largest absolute Gasteiger partial charge is 0.478 e. The molecule has 0 saturated carbocycles. The third-order valence-electron chi connectivity index (χ3n) is 2.28. The normalized spacial score (nSPS) is 11.1. The van der Waals surface area contributed by atoms with Crippen molar-refractivity contribution in [3.8, 4) is 0 Å². The Balaban J connectivity index is 3.02. The zero-order valence-electron chi connectivity index (χ0n) is 10.5. The molecule has 0 bridgehead atoms. The Morgan fingerprint density at radius 1 is 1.33 bits per heavy atom. The van der Waals surface area contributed by atoms with Crippen molar-refractivity contribution < 1.29 is 27.9 Å². The highest BCUT2D eigenvalue weighted by Gasteiger charge is 2.31. The van der Waals surface area contributed by atoms with Crippen LogP contribution in [-0.4, -0.2) is 41.8 Å². The number of nitrogens with one attached hydrogen (secondary N) is 1. The van der Waals surface area contributed by atoms with Gasteiger partial charge in [0.2, 0.25) is 0 Å². The van der Waals surface area contributed by atoms with Gasteiger partial charge in [-0.3, -0.25) is 0 Å². The van der Waals surface area contributed by atoms with Crippen LogP contribution in [-0.2, 0) is 0 Å². The van der Waals surface area contributed by atoms with E-state index in [0.717, 1.165) is 7.05 Å². The van der Waals surface area contributed by atoms with Gasteiger partial charge < -0.3 is 15.3 Å². The minimum absolute atomic E-state index is 0.121. The summed E-state index contributed by atoms with van der Waals surface area (Å²) in [5.41, 5.74) is -0.380. The lowest BCUT2D eigenvalue weighted by Gasteiger charge is -2.20. The van der Waals surface area contributed by atoms with Crippen LogP contribution >= 0.6 is 31.9 Å². The molecule has 1 aromatic carbocycles. The number of amides is 2. The summed E-state index contributed by atoms with van der Waals surface area (Å²) in [6.07, 6.45) is -4.54. The molecule has 0 radical (unpaired) electrons. The topological polar surface area (TPSA) is 69.6 Å². The number of urea groups is 1. The van der Waals surface area contributed by atoms with Crippen LogP contribution in [0.2, 0.25) is 0 Å². The number of hydrogen-bond donors (Lipinski definition) is 2. The lowest BCUT2D eigenvalue weighted by molar-refractivity contribution is -0.137. The highest BCUT2D eigenvalue weighted by molar-refractivity contribution is 9.11. The number of halogens is 5.